The average molecular weight is 352 g/mol. The average Bonchev–Trinajstić information content (AvgIpc) is 3.23. The molecule has 126 valence electrons. The molecule has 8 heteroatoms. The lowest BCUT2D eigenvalue weighted by atomic mass is 10.1. The number of fused-ring (bicyclic) bond motifs is 3. The summed E-state index contributed by atoms with van der Waals surface area (Å²) in [7, 11) is 3.72. The lowest BCUT2D eigenvalue weighted by Crippen LogP contribution is -2.01. The Balaban J connectivity index is 1.70. The van der Waals surface area contributed by atoms with E-state index < -0.39 is 0 Å². The van der Waals surface area contributed by atoms with Crippen LogP contribution in [0, 0.1) is 0 Å². The fourth-order valence-electron chi connectivity index (χ4n) is 2.77. The van der Waals surface area contributed by atoms with Gasteiger partial charge in [0.25, 0.3) is 0 Å². The highest BCUT2D eigenvalue weighted by molar-refractivity contribution is 7.20. The van der Waals surface area contributed by atoms with Crippen LogP contribution in [0.1, 0.15) is 21.9 Å². The highest BCUT2D eigenvalue weighted by atomic mass is 32.1. The number of aryl methyl sites for hydroxylation is 2. The number of hydrogen-bond donors (Lipinski definition) is 1. The number of Topliss-reactive ketones (excluding diaryl/α,β-unsaturated/α-hetero) is 1. The van der Waals surface area contributed by atoms with Gasteiger partial charge in [0, 0.05) is 32.4 Å². The third-order valence-corrected chi connectivity index (χ3v) is 5.01. The lowest BCUT2D eigenvalue weighted by molar-refractivity contribution is 0.0982. The molecule has 0 saturated carbocycles. The number of imidazole rings is 1. The molecule has 0 aromatic carbocycles. The van der Waals surface area contributed by atoms with Crippen molar-refractivity contribution in [3.63, 3.8) is 0 Å². The second-order valence-electron chi connectivity index (χ2n) is 5.68. The predicted molar refractivity (Wildman–Crippen MR) is 98.1 cm³/mol. The summed E-state index contributed by atoms with van der Waals surface area (Å²) in [6.07, 6.45) is 4.45. The SMILES string of the molecule is CNc1nc2sc(C(=O)CCc3ccccn3)nc2c2c1ncn2C. The summed E-state index contributed by atoms with van der Waals surface area (Å²) in [6.45, 7) is 0. The molecule has 0 aliphatic heterocycles. The summed E-state index contributed by atoms with van der Waals surface area (Å²) in [5.74, 6) is 0.703. The summed E-state index contributed by atoms with van der Waals surface area (Å²) in [5, 5.41) is 3.54. The van der Waals surface area contributed by atoms with Crippen molar-refractivity contribution in [1.29, 1.82) is 0 Å². The fourth-order valence-corrected chi connectivity index (χ4v) is 3.68. The molecule has 7 nitrogen and oxygen atoms in total. The number of hydrogen-bond acceptors (Lipinski definition) is 7. The number of nitrogens with zero attached hydrogens (tertiary/aromatic N) is 5. The molecule has 4 aromatic heterocycles. The molecule has 0 aliphatic rings. The maximum absolute atomic E-state index is 12.6. The molecular weight excluding hydrogens is 336 g/mol. The van der Waals surface area contributed by atoms with Crippen LogP contribution < -0.4 is 5.32 Å². The molecule has 0 unspecified atom stereocenters. The lowest BCUT2D eigenvalue weighted by Gasteiger charge is -2.01. The van der Waals surface area contributed by atoms with E-state index in [4.69, 9.17) is 0 Å². The summed E-state index contributed by atoms with van der Waals surface area (Å²) >= 11 is 1.32. The highest BCUT2D eigenvalue weighted by Gasteiger charge is 2.19. The minimum Gasteiger partial charge on any atom is -0.371 e. The first-order valence-corrected chi connectivity index (χ1v) is 8.71. The summed E-state index contributed by atoms with van der Waals surface area (Å²) in [5.41, 5.74) is 3.27. The minimum absolute atomic E-state index is 0.00924. The van der Waals surface area contributed by atoms with Crippen LogP contribution in [0.25, 0.3) is 21.4 Å². The number of carbonyl (C=O) groups is 1. The van der Waals surface area contributed by atoms with E-state index in [2.05, 4.69) is 25.3 Å². The summed E-state index contributed by atoms with van der Waals surface area (Å²) < 4.78 is 1.90. The van der Waals surface area contributed by atoms with Crippen molar-refractivity contribution in [2.45, 2.75) is 12.8 Å². The van der Waals surface area contributed by atoms with Crippen LogP contribution in [0.15, 0.2) is 30.7 Å². The van der Waals surface area contributed by atoms with E-state index in [-0.39, 0.29) is 5.78 Å². The van der Waals surface area contributed by atoms with Gasteiger partial charge in [0.2, 0.25) is 0 Å². The number of rotatable bonds is 5. The largest absolute Gasteiger partial charge is 0.371 e. The third kappa shape index (κ3) is 2.74. The number of pyridine rings is 2. The number of ketones is 1. The first kappa shape index (κ1) is 15.6. The van der Waals surface area contributed by atoms with Crippen LogP contribution in [-0.2, 0) is 13.5 Å². The summed E-state index contributed by atoms with van der Waals surface area (Å²) in [4.78, 5) is 31.0. The van der Waals surface area contributed by atoms with Gasteiger partial charge in [-0.1, -0.05) is 17.4 Å². The molecule has 0 fully saturated rings. The van der Waals surface area contributed by atoms with Gasteiger partial charge in [0.05, 0.1) is 6.33 Å². The topological polar surface area (TPSA) is 85.6 Å². The molecule has 25 heavy (non-hydrogen) atoms. The highest BCUT2D eigenvalue weighted by Crippen LogP contribution is 2.31. The zero-order valence-electron chi connectivity index (χ0n) is 13.9. The zero-order valence-corrected chi connectivity index (χ0v) is 14.7. The smallest absolute Gasteiger partial charge is 0.191 e. The Morgan fingerprint density at radius 2 is 2.12 bits per heavy atom. The first-order chi connectivity index (χ1) is 12.2. The van der Waals surface area contributed by atoms with Gasteiger partial charge in [0.15, 0.2) is 16.6 Å². The molecule has 0 aliphatic carbocycles. The van der Waals surface area contributed by atoms with Crippen LogP contribution >= 0.6 is 11.3 Å². The van der Waals surface area contributed by atoms with Crippen molar-refractivity contribution in [2.75, 3.05) is 12.4 Å². The monoisotopic (exact) mass is 352 g/mol. The Bertz CT molecular complexity index is 1070. The Kier molecular flexibility index (Phi) is 3.89. The van der Waals surface area contributed by atoms with Gasteiger partial charge in [0.1, 0.15) is 21.4 Å². The first-order valence-electron chi connectivity index (χ1n) is 7.90. The molecule has 4 rings (SSSR count). The van der Waals surface area contributed by atoms with Crippen LogP contribution in [-0.4, -0.2) is 37.3 Å². The number of anilines is 1. The van der Waals surface area contributed by atoms with Crippen molar-refractivity contribution in [2.24, 2.45) is 7.05 Å². The van der Waals surface area contributed by atoms with E-state index in [0.29, 0.717) is 23.7 Å². The Labute approximate surface area is 147 Å². The maximum atomic E-state index is 12.6. The molecule has 0 radical (unpaired) electrons. The Hall–Kier alpha value is -2.87. The zero-order chi connectivity index (χ0) is 17.4. The van der Waals surface area contributed by atoms with Crippen LogP contribution in [0.2, 0.25) is 0 Å². The van der Waals surface area contributed by atoms with Crippen LogP contribution in [0.4, 0.5) is 5.82 Å². The second-order valence-corrected chi connectivity index (χ2v) is 6.66. The van der Waals surface area contributed by atoms with Crippen molar-refractivity contribution in [3.8, 4) is 0 Å². The standard InChI is InChI=1S/C17H16N6OS/c1-18-15-12-14(23(2)9-20-12)13-17(22-15)25-16(21-13)11(24)7-6-10-5-3-4-8-19-10/h3-5,8-9H,6-7H2,1-2H3,(H,18,22). The van der Waals surface area contributed by atoms with Crippen molar-refractivity contribution in [1.82, 2.24) is 24.5 Å². The van der Waals surface area contributed by atoms with Crippen molar-refractivity contribution < 1.29 is 4.79 Å². The predicted octanol–water partition coefficient (Wildman–Crippen LogP) is 2.83. The van der Waals surface area contributed by atoms with E-state index in [1.165, 1.54) is 11.3 Å². The van der Waals surface area contributed by atoms with Crippen LogP contribution in [0.3, 0.4) is 0 Å². The number of aromatic nitrogens is 5. The second kappa shape index (κ2) is 6.21. The van der Waals surface area contributed by atoms with E-state index in [1.807, 2.05) is 36.9 Å². The van der Waals surface area contributed by atoms with E-state index in [0.717, 1.165) is 27.1 Å². The maximum Gasteiger partial charge on any atom is 0.191 e. The molecule has 0 amide bonds. The van der Waals surface area contributed by atoms with Gasteiger partial charge in [-0.2, -0.15) is 0 Å². The van der Waals surface area contributed by atoms with Gasteiger partial charge >= 0.3 is 0 Å². The van der Waals surface area contributed by atoms with Crippen LogP contribution in [0.5, 0.6) is 0 Å². The van der Waals surface area contributed by atoms with Crippen molar-refractivity contribution >= 4 is 44.3 Å². The van der Waals surface area contributed by atoms with E-state index >= 15 is 0 Å². The third-order valence-electron chi connectivity index (χ3n) is 4.02. The fraction of sp³-hybridized carbons (Fsp3) is 0.235. The van der Waals surface area contributed by atoms with E-state index in [1.54, 1.807) is 12.5 Å². The normalized spacial score (nSPS) is 11.3. The number of nitrogens with one attached hydrogen (secondary N) is 1. The summed E-state index contributed by atoms with van der Waals surface area (Å²) in [6, 6.07) is 5.71. The van der Waals surface area contributed by atoms with Gasteiger partial charge in [-0.05, 0) is 18.6 Å². The van der Waals surface area contributed by atoms with Crippen molar-refractivity contribution in [3.05, 3.63) is 41.4 Å². The molecular formula is C17H16N6OS. The van der Waals surface area contributed by atoms with Gasteiger partial charge < -0.3 is 9.88 Å². The number of thiazole rings is 1. The Morgan fingerprint density at radius 3 is 2.88 bits per heavy atom. The van der Waals surface area contributed by atoms with Gasteiger partial charge in [-0.25, -0.2) is 15.0 Å². The molecule has 0 bridgehead atoms. The van der Waals surface area contributed by atoms with E-state index in [9.17, 15) is 4.79 Å². The number of carbonyl (C=O) groups excluding carboxylic acids is 1. The molecule has 0 spiro atoms. The molecule has 4 aromatic rings. The molecule has 0 atom stereocenters. The molecule has 1 N–H and O–H groups in total. The quantitative estimate of drug-likeness (QED) is 0.556. The molecule has 4 heterocycles. The van der Waals surface area contributed by atoms with Gasteiger partial charge in [-0.15, -0.1) is 0 Å². The van der Waals surface area contributed by atoms with Gasteiger partial charge in [-0.3, -0.25) is 9.78 Å². The Morgan fingerprint density at radius 1 is 1.24 bits per heavy atom. The molecule has 0 saturated heterocycles. The minimum atomic E-state index is 0.00924.